The maximum atomic E-state index is 12.1. The fraction of sp³-hybridized carbons (Fsp3) is 0.353. The topological polar surface area (TPSA) is 84.7 Å². The number of benzene rings is 1. The van der Waals surface area contributed by atoms with Gasteiger partial charge in [-0.1, -0.05) is 0 Å². The highest BCUT2D eigenvalue weighted by molar-refractivity contribution is 5.71. The van der Waals surface area contributed by atoms with Crippen molar-refractivity contribution in [2.24, 2.45) is 5.92 Å². The summed E-state index contributed by atoms with van der Waals surface area (Å²) in [5, 5.41) is 13.6. The van der Waals surface area contributed by atoms with E-state index < -0.39 is 11.9 Å². The van der Waals surface area contributed by atoms with Gasteiger partial charge in [0.2, 0.25) is 0 Å². The average molecular weight is 329 g/mol. The number of anilines is 1. The van der Waals surface area contributed by atoms with E-state index >= 15 is 0 Å². The summed E-state index contributed by atoms with van der Waals surface area (Å²) in [6, 6.07) is 10.1. The standard InChI is InChI=1S/C17H19N3O4/c1-24-14-6-4-13(5-7-14)20-16(21)9-8-15(18-20)19-10-2-3-12(11-19)17(22)23/h4-9,12H,2-3,10-11H2,1H3,(H,22,23). The second-order valence-corrected chi connectivity index (χ2v) is 5.76. The zero-order valence-electron chi connectivity index (χ0n) is 13.4. The van der Waals surface area contributed by atoms with Crippen molar-refractivity contribution in [2.75, 3.05) is 25.1 Å². The monoisotopic (exact) mass is 329 g/mol. The third kappa shape index (κ3) is 3.24. The minimum atomic E-state index is -0.789. The van der Waals surface area contributed by atoms with E-state index in [-0.39, 0.29) is 5.56 Å². The van der Waals surface area contributed by atoms with Crippen molar-refractivity contribution in [3.05, 3.63) is 46.8 Å². The normalized spacial score (nSPS) is 17.5. The van der Waals surface area contributed by atoms with Crippen LogP contribution in [0, 0.1) is 5.92 Å². The number of methoxy groups -OCH3 is 1. The van der Waals surface area contributed by atoms with E-state index in [9.17, 15) is 14.7 Å². The van der Waals surface area contributed by atoms with Gasteiger partial charge in [0.15, 0.2) is 0 Å². The highest BCUT2D eigenvalue weighted by Gasteiger charge is 2.26. The fourth-order valence-electron chi connectivity index (χ4n) is 2.87. The molecule has 0 amide bonds. The van der Waals surface area contributed by atoms with E-state index in [0.717, 1.165) is 13.0 Å². The number of carboxylic acid groups (broad SMARTS) is 1. The second kappa shape index (κ2) is 6.74. The van der Waals surface area contributed by atoms with Gasteiger partial charge in [-0.25, -0.2) is 0 Å². The van der Waals surface area contributed by atoms with Gasteiger partial charge in [-0.3, -0.25) is 9.59 Å². The molecule has 2 aromatic rings. The van der Waals surface area contributed by atoms with Crippen LogP contribution in [-0.4, -0.2) is 41.1 Å². The number of piperidine rings is 1. The highest BCUT2D eigenvalue weighted by atomic mass is 16.5. The van der Waals surface area contributed by atoms with Crippen molar-refractivity contribution >= 4 is 11.8 Å². The van der Waals surface area contributed by atoms with Gasteiger partial charge in [0.1, 0.15) is 11.6 Å². The number of rotatable bonds is 4. The van der Waals surface area contributed by atoms with Crippen LogP contribution in [0.5, 0.6) is 5.75 Å². The smallest absolute Gasteiger partial charge is 0.308 e. The zero-order chi connectivity index (χ0) is 17.1. The van der Waals surface area contributed by atoms with E-state index in [1.54, 1.807) is 37.4 Å². The molecule has 0 saturated carbocycles. The quantitative estimate of drug-likeness (QED) is 0.916. The second-order valence-electron chi connectivity index (χ2n) is 5.76. The average Bonchev–Trinajstić information content (AvgIpc) is 2.62. The molecule has 126 valence electrons. The third-order valence-electron chi connectivity index (χ3n) is 4.20. The highest BCUT2D eigenvalue weighted by Crippen LogP contribution is 2.21. The number of hydrogen-bond acceptors (Lipinski definition) is 5. The molecule has 0 bridgehead atoms. The van der Waals surface area contributed by atoms with Gasteiger partial charge in [0, 0.05) is 19.2 Å². The predicted molar refractivity (Wildman–Crippen MR) is 89.0 cm³/mol. The SMILES string of the molecule is COc1ccc(-n2nc(N3CCCC(C(=O)O)C3)ccc2=O)cc1. The summed E-state index contributed by atoms with van der Waals surface area (Å²) in [6.07, 6.45) is 1.46. The molecule has 3 rings (SSSR count). The summed E-state index contributed by atoms with van der Waals surface area (Å²) >= 11 is 0. The van der Waals surface area contributed by atoms with Crippen LogP contribution in [-0.2, 0) is 4.79 Å². The summed E-state index contributed by atoms with van der Waals surface area (Å²) in [6.45, 7) is 1.14. The number of carboxylic acids is 1. The molecule has 1 fully saturated rings. The molecule has 1 saturated heterocycles. The third-order valence-corrected chi connectivity index (χ3v) is 4.20. The van der Waals surface area contributed by atoms with Gasteiger partial charge in [0.25, 0.3) is 5.56 Å². The number of aromatic nitrogens is 2. The molecule has 1 unspecified atom stereocenters. The Kier molecular flexibility index (Phi) is 4.50. The lowest BCUT2D eigenvalue weighted by atomic mass is 9.98. The van der Waals surface area contributed by atoms with Gasteiger partial charge >= 0.3 is 5.97 Å². The van der Waals surface area contributed by atoms with Crippen LogP contribution in [0.25, 0.3) is 5.69 Å². The van der Waals surface area contributed by atoms with Crippen LogP contribution in [0.15, 0.2) is 41.2 Å². The Hall–Kier alpha value is -2.83. The molecule has 1 aromatic carbocycles. The largest absolute Gasteiger partial charge is 0.497 e. The lowest BCUT2D eigenvalue weighted by Gasteiger charge is -2.31. The maximum absolute atomic E-state index is 12.1. The van der Waals surface area contributed by atoms with Gasteiger partial charge < -0.3 is 14.7 Å². The fourth-order valence-corrected chi connectivity index (χ4v) is 2.87. The Balaban J connectivity index is 1.90. The van der Waals surface area contributed by atoms with Crippen LogP contribution in [0.2, 0.25) is 0 Å². The Morgan fingerprint density at radius 2 is 2.00 bits per heavy atom. The number of carbonyl (C=O) groups is 1. The van der Waals surface area contributed by atoms with Crippen molar-refractivity contribution in [3.8, 4) is 11.4 Å². The Bertz CT molecular complexity index is 785. The van der Waals surface area contributed by atoms with Crippen molar-refractivity contribution in [1.82, 2.24) is 9.78 Å². The van der Waals surface area contributed by atoms with E-state index in [0.29, 0.717) is 30.2 Å². The minimum absolute atomic E-state index is 0.240. The number of hydrogen-bond donors (Lipinski definition) is 1. The van der Waals surface area contributed by atoms with Crippen molar-refractivity contribution in [1.29, 1.82) is 0 Å². The Labute approximate surface area is 139 Å². The van der Waals surface area contributed by atoms with Gasteiger partial charge in [0.05, 0.1) is 18.7 Å². The van der Waals surface area contributed by atoms with Crippen LogP contribution in [0.1, 0.15) is 12.8 Å². The zero-order valence-corrected chi connectivity index (χ0v) is 13.4. The van der Waals surface area contributed by atoms with E-state index in [4.69, 9.17) is 4.74 Å². The molecule has 7 heteroatoms. The van der Waals surface area contributed by atoms with E-state index in [1.807, 2.05) is 4.90 Å². The lowest BCUT2D eigenvalue weighted by molar-refractivity contribution is -0.141. The summed E-state index contributed by atoms with van der Waals surface area (Å²) in [4.78, 5) is 25.3. The number of nitrogens with zero attached hydrogens (tertiary/aromatic N) is 3. The molecule has 1 aromatic heterocycles. The van der Waals surface area contributed by atoms with Crippen molar-refractivity contribution < 1.29 is 14.6 Å². The van der Waals surface area contributed by atoms with Crippen LogP contribution < -0.4 is 15.2 Å². The number of aliphatic carboxylic acids is 1. The summed E-state index contributed by atoms with van der Waals surface area (Å²) in [7, 11) is 1.58. The van der Waals surface area contributed by atoms with Gasteiger partial charge in [-0.15, -0.1) is 5.10 Å². The summed E-state index contributed by atoms with van der Waals surface area (Å²) < 4.78 is 6.44. The first kappa shape index (κ1) is 16.0. The first-order valence-electron chi connectivity index (χ1n) is 7.81. The molecular formula is C17H19N3O4. The molecule has 1 atom stereocenters. The van der Waals surface area contributed by atoms with Crippen molar-refractivity contribution in [3.63, 3.8) is 0 Å². The van der Waals surface area contributed by atoms with Gasteiger partial charge in [-0.2, -0.15) is 4.68 Å². The molecule has 1 N–H and O–H groups in total. The van der Waals surface area contributed by atoms with Crippen molar-refractivity contribution in [2.45, 2.75) is 12.8 Å². The first-order valence-corrected chi connectivity index (χ1v) is 7.81. The molecule has 7 nitrogen and oxygen atoms in total. The molecule has 0 radical (unpaired) electrons. The van der Waals surface area contributed by atoms with Crippen LogP contribution in [0.3, 0.4) is 0 Å². The maximum Gasteiger partial charge on any atom is 0.308 e. The molecule has 0 aliphatic carbocycles. The molecule has 2 heterocycles. The van der Waals surface area contributed by atoms with Crippen LogP contribution in [0.4, 0.5) is 5.82 Å². The Morgan fingerprint density at radius 1 is 1.25 bits per heavy atom. The van der Waals surface area contributed by atoms with Gasteiger partial charge in [-0.05, 0) is 43.2 Å². The Morgan fingerprint density at radius 3 is 2.67 bits per heavy atom. The minimum Gasteiger partial charge on any atom is -0.497 e. The van der Waals surface area contributed by atoms with E-state index in [2.05, 4.69) is 5.10 Å². The molecule has 1 aliphatic rings. The predicted octanol–water partition coefficient (Wildman–Crippen LogP) is 1.54. The van der Waals surface area contributed by atoms with E-state index in [1.165, 1.54) is 10.7 Å². The summed E-state index contributed by atoms with van der Waals surface area (Å²) in [5.41, 5.74) is 0.394. The molecule has 24 heavy (non-hydrogen) atoms. The summed E-state index contributed by atoms with van der Waals surface area (Å²) in [5.74, 6) is 0.116. The van der Waals surface area contributed by atoms with Crippen LogP contribution >= 0.6 is 0 Å². The molecule has 0 spiro atoms. The number of ether oxygens (including phenoxy) is 1. The molecule has 1 aliphatic heterocycles. The lowest BCUT2D eigenvalue weighted by Crippen LogP contribution is -2.40. The molecular weight excluding hydrogens is 310 g/mol. The first-order chi connectivity index (χ1) is 11.6.